The number of hydrogen-bond acceptors (Lipinski definition) is 3. The van der Waals surface area contributed by atoms with Gasteiger partial charge in [0.25, 0.3) is 0 Å². The second-order valence-corrected chi connectivity index (χ2v) is 4.02. The standard InChI is InChI=1S/C14H17NO4/c1-10-9-11(3-4-12(10)19-2)7-8-15-13(16)5-6-14(17)18/h3-6,9H,7-8H2,1-2H3,(H,15,16)(H,17,18)/b6-5+. The van der Waals surface area contributed by atoms with E-state index in [9.17, 15) is 9.59 Å². The number of methoxy groups -OCH3 is 1. The molecule has 1 aromatic carbocycles. The summed E-state index contributed by atoms with van der Waals surface area (Å²) in [6.07, 6.45) is 2.49. The number of aryl methyl sites for hydroxylation is 1. The van der Waals surface area contributed by atoms with E-state index in [2.05, 4.69) is 5.32 Å². The minimum Gasteiger partial charge on any atom is -0.496 e. The number of ether oxygens (including phenoxy) is 1. The van der Waals surface area contributed by atoms with Gasteiger partial charge in [0.15, 0.2) is 0 Å². The molecular weight excluding hydrogens is 246 g/mol. The van der Waals surface area contributed by atoms with Gasteiger partial charge in [-0.05, 0) is 30.5 Å². The van der Waals surface area contributed by atoms with Gasteiger partial charge in [-0.3, -0.25) is 4.79 Å². The number of carboxylic acids is 1. The summed E-state index contributed by atoms with van der Waals surface area (Å²) in [6.45, 7) is 2.41. The number of rotatable bonds is 6. The van der Waals surface area contributed by atoms with Crippen molar-refractivity contribution in [2.45, 2.75) is 13.3 Å². The first-order valence-corrected chi connectivity index (χ1v) is 5.85. The van der Waals surface area contributed by atoms with E-state index in [4.69, 9.17) is 9.84 Å². The molecule has 1 amide bonds. The number of carboxylic acid groups (broad SMARTS) is 1. The van der Waals surface area contributed by atoms with Gasteiger partial charge in [0.1, 0.15) is 5.75 Å². The molecule has 0 spiro atoms. The molecular formula is C14H17NO4. The van der Waals surface area contributed by atoms with Crippen LogP contribution in [0.2, 0.25) is 0 Å². The fourth-order valence-corrected chi connectivity index (χ4v) is 1.63. The molecule has 0 unspecified atom stereocenters. The molecule has 0 heterocycles. The first-order chi connectivity index (χ1) is 9.02. The fraction of sp³-hybridized carbons (Fsp3) is 0.286. The summed E-state index contributed by atoms with van der Waals surface area (Å²) < 4.78 is 5.16. The maximum atomic E-state index is 11.2. The van der Waals surface area contributed by atoms with E-state index >= 15 is 0 Å². The van der Waals surface area contributed by atoms with Gasteiger partial charge in [-0.2, -0.15) is 0 Å². The van der Waals surface area contributed by atoms with Crippen molar-refractivity contribution >= 4 is 11.9 Å². The van der Waals surface area contributed by atoms with Crippen LogP contribution in [0, 0.1) is 6.92 Å². The number of hydrogen-bond donors (Lipinski definition) is 2. The summed E-state index contributed by atoms with van der Waals surface area (Å²) in [6, 6.07) is 5.82. The van der Waals surface area contributed by atoms with Crippen LogP contribution in [0.25, 0.3) is 0 Å². The lowest BCUT2D eigenvalue weighted by atomic mass is 10.1. The van der Waals surface area contributed by atoms with Crippen LogP contribution >= 0.6 is 0 Å². The third kappa shape index (κ3) is 5.25. The summed E-state index contributed by atoms with van der Waals surface area (Å²) in [4.78, 5) is 21.4. The Morgan fingerprint density at radius 1 is 1.37 bits per heavy atom. The predicted molar refractivity (Wildman–Crippen MR) is 71.2 cm³/mol. The molecule has 5 heteroatoms. The van der Waals surface area contributed by atoms with E-state index in [0.717, 1.165) is 29.0 Å². The third-order valence-electron chi connectivity index (χ3n) is 2.55. The maximum absolute atomic E-state index is 11.2. The SMILES string of the molecule is COc1ccc(CCNC(=O)/C=C/C(=O)O)cc1C. The Balaban J connectivity index is 2.43. The molecule has 0 saturated heterocycles. The molecule has 0 aliphatic rings. The average molecular weight is 263 g/mol. The second-order valence-electron chi connectivity index (χ2n) is 4.02. The Bertz CT molecular complexity index is 494. The minimum atomic E-state index is -1.14. The quantitative estimate of drug-likeness (QED) is 0.759. The van der Waals surface area contributed by atoms with Crippen molar-refractivity contribution < 1.29 is 19.4 Å². The molecule has 0 aromatic heterocycles. The lowest BCUT2D eigenvalue weighted by Crippen LogP contribution is -2.23. The Morgan fingerprint density at radius 3 is 2.68 bits per heavy atom. The van der Waals surface area contributed by atoms with Crippen LogP contribution in [0.4, 0.5) is 0 Å². The normalized spacial score (nSPS) is 10.4. The largest absolute Gasteiger partial charge is 0.496 e. The number of nitrogens with one attached hydrogen (secondary N) is 1. The highest BCUT2D eigenvalue weighted by Gasteiger charge is 2.01. The van der Waals surface area contributed by atoms with Crippen molar-refractivity contribution in [1.29, 1.82) is 0 Å². The second kappa shape index (κ2) is 7.20. The lowest BCUT2D eigenvalue weighted by molar-refractivity contribution is -0.131. The molecule has 2 N–H and O–H groups in total. The number of aliphatic carboxylic acids is 1. The number of carbonyl (C=O) groups is 2. The highest BCUT2D eigenvalue weighted by Crippen LogP contribution is 2.18. The molecule has 5 nitrogen and oxygen atoms in total. The third-order valence-corrected chi connectivity index (χ3v) is 2.55. The van der Waals surface area contributed by atoms with E-state index in [1.54, 1.807) is 7.11 Å². The Kier molecular flexibility index (Phi) is 5.60. The highest BCUT2D eigenvalue weighted by atomic mass is 16.5. The summed E-state index contributed by atoms with van der Waals surface area (Å²) in [7, 11) is 1.62. The Labute approximate surface area is 111 Å². The van der Waals surface area contributed by atoms with Crippen LogP contribution < -0.4 is 10.1 Å². The minimum absolute atomic E-state index is 0.410. The molecule has 0 bridgehead atoms. The van der Waals surface area contributed by atoms with E-state index in [1.807, 2.05) is 25.1 Å². The molecule has 0 fully saturated rings. The van der Waals surface area contributed by atoms with Gasteiger partial charge in [0.05, 0.1) is 7.11 Å². The molecule has 0 aliphatic carbocycles. The molecule has 0 aliphatic heterocycles. The summed E-state index contributed by atoms with van der Waals surface area (Å²) in [5.74, 6) is -0.717. The van der Waals surface area contributed by atoms with Crippen LogP contribution in [-0.2, 0) is 16.0 Å². The molecule has 19 heavy (non-hydrogen) atoms. The van der Waals surface area contributed by atoms with Crippen molar-refractivity contribution in [3.05, 3.63) is 41.5 Å². The van der Waals surface area contributed by atoms with Gasteiger partial charge in [-0.1, -0.05) is 12.1 Å². The zero-order valence-corrected chi connectivity index (χ0v) is 11.0. The monoisotopic (exact) mass is 263 g/mol. The molecule has 102 valence electrons. The zero-order chi connectivity index (χ0) is 14.3. The first kappa shape index (κ1) is 14.8. The van der Waals surface area contributed by atoms with E-state index in [-0.39, 0.29) is 0 Å². The molecule has 0 atom stereocenters. The van der Waals surface area contributed by atoms with Crippen molar-refractivity contribution in [3.8, 4) is 5.75 Å². The van der Waals surface area contributed by atoms with Crippen LogP contribution in [0.5, 0.6) is 5.75 Å². The molecule has 1 aromatic rings. The van der Waals surface area contributed by atoms with Crippen molar-refractivity contribution in [1.82, 2.24) is 5.32 Å². The molecule has 1 rings (SSSR count). The highest BCUT2D eigenvalue weighted by molar-refractivity contribution is 5.93. The van der Waals surface area contributed by atoms with Crippen molar-refractivity contribution in [3.63, 3.8) is 0 Å². The summed E-state index contributed by atoms with van der Waals surface area (Å²) >= 11 is 0. The fourth-order valence-electron chi connectivity index (χ4n) is 1.63. The van der Waals surface area contributed by atoms with Gasteiger partial charge in [0, 0.05) is 18.7 Å². The van der Waals surface area contributed by atoms with Crippen LogP contribution in [0.3, 0.4) is 0 Å². The first-order valence-electron chi connectivity index (χ1n) is 5.85. The zero-order valence-electron chi connectivity index (χ0n) is 11.0. The van der Waals surface area contributed by atoms with E-state index in [1.165, 1.54) is 0 Å². The molecule has 0 saturated carbocycles. The number of amides is 1. The van der Waals surface area contributed by atoms with Crippen molar-refractivity contribution in [2.24, 2.45) is 0 Å². The summed E-state index contributed by atoms with van der Waals surface area (Å²) in [5, 5.41) is 11.0. The lowest BCUT2D eigenvalue weighted by Gasteiger charge is -2.07. The summed E-state index contributed by atoms with van der Waals surface area (Å²) in [5.41, 5.74) is 2.12. The van der Waals surface area contributed by atoms with E-state index < -0.39 is 11.9 Å². The average Bonchev–Trinajstić information content (AvgIpc) is 2.36. The number of carbonyl (C=O) groups excluding carboxylic acids is 1. The van der Waals surface area contributed by atoms with Crippen LogP contribution in [-0.4, -0.2) is 30.6 Å². The topological polar surface area (TPSA) is 75.6 Å². The van der Waals surface area contributed by atoms with Gasteiger partial charge >= 0.3 is 5.97 Å². The van der Waals surface area contributed by atoms with Gasteiger partial charge < -0.3 is 15.2 Å². The van der Waals surface area contributed by atoms with Crippen LogP contribution in [0.1, 0.15) is 11.1 Å². The van der Waals surface area contributed by atoms with Crippen molar-refractivity contribution in [2.75, 3.05) is 13.7 Å². The van der Waals surface area contributed by atoms with Gasteiger partial charge in [-0.15, -0.1) is 0 Å². The van der Waals surface area contributed by atoms with Gasteiger partial charge in [0.2, 0.25) is 5.91 Å². The van der Waals surface area contributed by atoms with Gasteiger partial charge in [-0.25, -0.2) is 4.79 Å². The van der Waals surface area contributed by atoms with E-state index in [0.29, 0.717) is 13.0 Å². The number of benzene rings is 1. The smallest absolute Gasteiger partial charge is 0.328 e. The maximum Gasteiger partial charge on any atom is 0.328 e. The Morgan fingerprint density at radius 2 is 2.11 bits per heavy atom. The predicted octanol–water partition coefficient (Wildman–Crippen LogP) is 1.30. The molecule has 0 radical (unpaired) electrons. The Hall–Kier alpha value is -2.30. The van der Waals surface area contributed by atoms with Crippen LogP contribution in [0.15, 0.2) is 30.4 Å².